The van der Waals surface area contributed by atoms with E-state index in [1.807, 2.05) is 31.2 Å². The SMILES string of the molecule is CCCOc1ccc(C(=O)Nc2cccc(-c3nnc4n3CCCCC4)c2)cc1OCCC. The number of nitrogens with zero attached hydrogens (tertiary/aromatic N) is 3. The van der Waals surface area contributed by atoms with Gasteiger partial charge in [-0.2, -0.15) is 0 Å². The van der Waals surface area contributed by atoms with Gasteiger partial charge in [-0.1, -0.05) is 32.4 Å². The minimum atomic E-state index is -0.199. The number of hydrogen-bond donors (Lipinski definition) is 1. The van der Waals surface area contributed by atoms with Crippen LogP contribution >= 0.6 is 0 Å². The van der Waals surface area contributed by atoms with Crippen molar-refractivity contribution >= 4 is 11.6 Å². The van der Waals surface area contributed by atoms with Crippen molar-refractivity contribution in [1.82, 2.24) is 14.8 Å². The van der Waals surface area contributed by atoms with E-state index in [9.17, 15) is 4.79 Å². The Morgan fingerprint density at radius 2 is 1.79 bits per heavy atom. The van der Waals surface area contributed by atoms with Gasteiger partial charge in [-0.15, -0.1) is 10.2 Å². The van der Waals surface area contributed by atoms with E-state index < -0.39 is 0 Å². The third kappa shape index (κ3) is 5.53. The van der Waals surface area contributed by atoms with Gasteiger partial charge in [0.25, 0.3) is 5.91 Å². The molecule has 0 saturated heterocycles. The summed E-state index contributed by atoms with van der Waals surface area (Å²) < 4.78 is 13.8. The van der Waals surface area contributed by atoms with E-state index in [-0.39, 0.29) is 5.91 Å². The molecule has 1 aliphatic heterocycles. The van der Waals surface area contributed by atoms with Crippen molar-refractivity contribution in [2.24, 2.45) is 0 Å². The Hall–Kier alpha value is -3.35. The Morgan fingerprint density at radius 3 is 2.61 bits per heavy atom. The number of benzene rings is 2. The van der Waals surface area contributed by atoms with Crippen molar-refractivity contribution in [1.29, 1.82) is 0 Å². The maximum atomic E-state index is 13.0. The number of nitrogens with one attached hydrogen (secondary N) is 1. The molecule has 1 N–H and O–H groups in total. The first-order valence-electron chi connectivity index (χ1n) is 11.9. The van der Waals surface area contributed by atoms with Crippen molar-refractivity contribution in [2.45, 2.75) is 58.9 Å². The fraction of sp³-hybridized carbons (Fsp3) is 0.423. The Balaban J connectivity index is 1.53. The third-order valence-electron chi connectivity index (χ3n) is 5.62. The molecule has 0 bridgehead atoms. The fourth-order valence-electron chi connectivity index (χ4n) is 3.94. The van der Waals surface area contributed by atoms with Crippen molar-refractivity contribution in [3.8, 4) is 22.9 Å². The first kappa shape index (κ1) is 22.8. The van der Waals surface area contributed by atoms with E-state index in [2.05, 4.69) is 27.0 Å². The predicted molar refractivity (Wildman–Crippen MR) is 129 cm³/mol. The Labute approximate surface area is 195 Å². The molecule has 2 aromatic carbocycles. The van der Waals surface area contributed by atoms with Gasteiger partial charge in [-0.25, -0.2) is 0 Å². The molecule has 0 spiro atoms. The molecule has 0 atom stereocenters. The van der Waals surface area contributed by atoms with Crippen molar-refractivity contribution in [3.63, 3.8) is 0 Å². The highest BCUT2D eigenvalue weighted by Gasteiger charge is 2.17. The van der Waals surface area contributed by atoms with Crippen molar-refractivity contribution in [3.05, 3.63) is 53.9 Å². The summed E-state index contributed by atoms with van der Waals surface area (Å²) in [6.07, 6.45) is 6.24. The molecule has 1 amide bonds. The second kappa shape index (κ2) is 11.0. The lowest BCUT2D eigenvalue weighted by atomic mass is 10.1. The lowest BCUT2D eigenvalue weighted by Crippen LogP contribution is -2.13. The van der Waals surface area contributed by atoms with Crippen LogP contribution in [0.3, 0.4) is 0 Å². The van der Waals surface area contributed by atoms with Gasteiger partial charge < -0.3 is 19.4 Å². The van der Waals surface area contributed by atoms with Gasteiger partial charge in [0.2, 0.25) is 0 Å². The number of anilines is 1. The van der Waals surface area contributed by atoms with E-state index in [1.165, 1.54) is 6.42 Å². The van der Waals surface area contributed by atoms with Gasteiger partial charge in [0.1, 0.15) is 5.82 Å². The second-order valence-corrected chi connectivity index (χ2v) is 8.30. The van der Waals surface area contributed by atoms with E-state index in [0.29, 0.717) is 36.0 Å². The summed E-state index contributed by atoms with van der Waals surface area (Å²) in [7, 11) is 0. The van der Waals surface area contributed by atoms with E-state index in [1.54, 1.807) is 18.2 Å². The highest BCUT2D eigenvalue weighted by Crippen LogP contribution is 2.30. The van der Waals surface area contributed by atoms with Crippen LogP contribution < -0.4 is 14.8 Å². The minimum Gasteiger partial charge on any atom is -0.490 e. The highest BCUT2D eigenvalue weighted by molar-refractivity contribution is 6.04. The normalized spacial score (nSPS) is 13.2. The smallest absolute Gasteiger partial charge is 0.255 e. The fourth-order valence-corrected chi connectivity index (χ4v) is 3.94. The van der Waals surface area contributed by atoms with Crippen LogP contribution in [0.5, 0.6) is 11.5 Å². The van der Waals surface area contributed by atoms with E-state index in [0.717, 1.165) is 55.9 Å². The number of carbonyl (C=O) groups is 1. The molecule has 3 aromatic rings. The number of amides is 1. The summed E-state index contributed by atoms with van der Waals surface area (Å²) in [6, 6.07) is 13.1. The maximum Gasteiger partial charge on any atom is 0.255 e. The largest absolute Gasteiger partial charge is 0.490 e. The molecular weight excluding hydrogens is 416 g/mol. The Kier molecular flexibility index (Phi) is 7.60. The van der Waals surface area contributed by atoms with Crippen LogP contribution in [0.4, 0.5) is 5.69 Å². The van der Waals surface area contributed by atoms with Crippen LogP contribution in [0.15, 0.2) is 42.5 Å². The Bertz CT molecular complexity index is 1090. The predicted octanol–water partition coefficient (Wildman–Crippen LogP) is 5.50. The summed E-state index contributed by atoms with van der Waals surface area (Å²) in [5, 5.41) is 11.8. The molecule has 1 aliphatic rings. The number of carbonyl (C=O) groups excluding carboxylic acids is 1. The zero-order valence-corrected chi connectivity index (χ0v) is 19.5. The van der Waals surface area contributed by atoms with E-state index in [4.69, 9.17) is 9.47 Å². The molecule has 0 radical (unpaired) electrons. The lowest BCUT2D eigenvalue weighted by molar-refractivity contribution is 0.102. The van der Waals surface area contributed by atoms with Gasteiger partial charge in [-0.05, 0) is 56.0 Å². The molecule has 2 heterocycles. The third-order valence-corrected chi connectivity index (χ3v) is 5.62. The molecule has 1 aromatic heterocycles. The first-order valence-corrected chi connectivity index (χ1v) is 11.9. The average molecular weight is 449 g/mol. The summed E-state index contributed by atoms with van der Waals surface area (Å²) in [4.78, 5) is 13.0. The molecule has 0 unspecified atom stereocenters. The van der Waals surface area contributed by atoms with Crippen molar-refractivity contribution < 1.29 is 14.3 Å². The standard InChI is InChI=1S/C26H32N4O3/c1-3-15-32-22-13-12-20(18-23(22)33-16-4-2)26(31)27-21-10-8-9-19(17-21)25-29-28-24-11-6-5-7-14-30(24)25/h8-10,12-13,17-18H,3-7,11,14-16H2,1-2H3,(H,27,31). The monoisotopic (exact) mass is 448 g/mol. The van der Waals surface area contributed by atoms with Crippen LogP contribution in [0.2, 0.25) is 0 Å². The van der Waals surface area contributed by atoms with Gasteiger partial charge >= 0.3 is 0 Å². The lowest BCUT2D eigenvalue weighted by Gasteiger charge is -2.14. The average Bonchev–Trinajstić information content (AvgIpc) is 3.09. The van der Waals surface area contributed by atoms with Gasteiger partial charge in [0.15, 0.2) is 17.3 Å². The van der Waals surface area contributed by atoms with Gasteiger partial charge in [-0.3, -0.25) is 4.79 Å². The zero-order chi connectivity index (χ0) is 23.0. The van der Waals surface area contributed by atoms with Crippen LogP contribution in [0.1, 0.15) is 62.1 Å². The number of aryl methyl sites for hydroxylation is 1. The quantitative estimate of drug-likeness (QED) is 0.468. The van der Waals surface area contributed by atoms with Gasteiger partial charge in [0, 0.05) is 29.8 Å². The topological polar surface area (TPSA) is 78.3 Å². The zero-order valence-electron chi connectivity index (χ0n) is 19.5. The number of ether oxygens (including phenoxy) is 2. The molecule has 7 heteroatoms. The van der Waals surface area contributed by atoms with Crippen molar-refractivity contribution in [2.75, 3.05) is 18.5 Å². The number of hydrogen-bond acceptors (Lipinski definition) is 5. The van der Waals surface area contributed by atoms with Crippen LogP contribution in [0, 0.1) is 0 Å². The number of rotatable bonds is 9. The minimum absolute atomic E-state index is 0.199. The first-order chi connectivity index (χ1) is 16.2. The summed E-state index contributed by atoms with van der Waals surface area (Å²) in [5.41, 5.74) is 2.18. The molecule has 7 nitrogen and oxygen atoms in total. The molecular formula is C26H32N4O3. The Morgan fingerprint density at radius 1 is 0.970 bits per heavy atom. The van der Waals surface area contributed by atoms with E-state index >= 15 is 0 Å². The summed E-state index contributed by atoms with van der Waals surface area (Å²) in [6.45, 7) is 6.20. The molecule has 4 rings (SSSR count). The summed E-state index contributed by atoms with van der Waals surface area (Å²) in [5.74, 6) is 2.96. The van der Waals surface area contributed by atoms with Crippen LogP contribution in [0.25, 0.3) is 11.4 Å². The molecule has 0 fully saturated rings. The maximum absolute atomic E-state index is 13.0. The number of fused-ring (bicyclic) bond motifs is 1. The highest BCUT2D eigenvalue weighted by atomic mass is 16.5. The summed E-state index contributed by atoms with van der Waals surface area (Å²) >= 11 is 0. The molecule has 33 heavy (non-hydrogen) atoms. The van der Waals surface area contributed by atoms with Crippen LogP contribution in [-0.4, -0.2) is 33.9 Å². The molecule has 174 valence electrons. The van der Waals surface area contributed by atoms with Crippen LogP contribution in [-0.2, 0) is 13.0 Å². The second-order valence-electron chi connectivity index (χ2n) is 8.30. The molecule has 0 saturated carbocycles. The molecule has 0 aliphatic carbocycles. The van der Waals surface area contributed by atoms with Gasteiger partial charge in [0.05, 0.1) is 13.2 Å². The number of aromatic nitrogens is 3.